The fraction of sp³-hybridized carbons (Fsp3) is 0.333. The van der Waals surface area contributed by atoms with Gasteiger partial charge in [0, 0.05) is 24.4 Å². The smallest absolute Gasteiger partial charge is 0.182 e. The van der Waals surface area contributed by atoms with Gasteiger partial charge in [0.25, 0.3) is 0 Å². The zero-order valence-corrected chi connectivity index (χ0v) is 14.0. The summed E-state index contributed by atoms with van der Waals surface area (Å²) in [6.45, 7) is 2.46. The summed E-state index contributed by atoms with van der Waals surface area (Å²) in [7, 11) is -3.47. The van der Waals surface area contributed by atoms with Crippen LogP contribution in [0.1, 0.15) is 17.0 Å². The summed E-state index contributed by atoms with van der Waals surface area (Å²) in [5, 5.41) is -0.560. The number of hydrogen-bond donors (Lipinski definition) is 2. The van der Waals surface area contributed by atoms with E-state index in [1.54, 1.807) is 12.1 Å². The Hall–Kier alpha value is -1.69. The number of rotatable bonds is 5. The second kappa shape index (κ2) is 5.74. The van der Waals surface area contributed by atoms with Crippen LogP contribution in [0, 0.1) is 12.3 Å². The van der Waals surface area contributed by atoms with Crippen molar-refractivity contribution in [2.24, 2.45) is 16.9 Å². The first kappa shape index (κ1) is 16.2. The average molecular weight is 330 g/mol. The normalized spacial score (nSPS) is 22.7. The average Bonchev–Trinajstić information content (AvgIpc) is 3.27. The van der Waals surface area contributed by atoms with E-state index in [0.29, 0.717) is 4.90 Å². The zero-order valence-electron chi connectivity index (χ0n) is 13.1. The first-order valence-corrected chi connectivity index (χ1v) is 9.27. The molecule has 4 nitrogen and oxygen atoms in total. The van der Waals surface area contributed by atoms with Crippen LogP contribution in [0.15, 0.2) is 59.5 Å². The van der Waals surface area contributed by atoms with E-state index in [-0.39, 0.29) is 19.0 Å². The molecule has 1 aliphatic rings. The summed E-state index contributed by atoms with van der Waals surface area (Å²) < 4.78 is 26.2. The van der Waals surface area contributed by atoms with E-state index in [0.717, 1.165) is 11.1 Å². The molecule has 0 unspecified atom stereocenters. The number of nitrogens with two attached hydrogens (primary N) is 2. The highest BCUT2D eigenvalue weighted by molar-refractivity contribution is 7.92. The molecule has 5 heteroatoms. The predicted octanol–water partition coefficient (Wildman–Crippen LogP) is 1.84. The zero-order chi connectivity index (χ0) is 16.7. The number of benzene rings is 2. The van der Waals surface area contributed by atoms with Gasteiger partial charge in [0.1, 0.15) is 0 Å². The van der Waals surface area contributed by atoms with Gasteiger partial charge in [-0.05, 0) is 24.6 Å². The van der Waals surface area contributed by atoms with Gasteiger partial charge in [0.15, 0.2) is 9.84 Å². The molecule has 2 aromatic rings. The Morgan fingerprint density at radius 1 is 0.957 bits per heavy atom. The lowest BCUT2D eigenvalue weighted by Gasteiger charge is -2.13. The molecule has 1 fully saturated rings. The molecule has 0 bridgehead atoms. The van der Waals surface area contributed by atoms with Gasteiger partial charge < -0.3 is 11.5 Å². The predicted molar refractivity (Wildman–Crippen MR) is 91.9 cm³/mol. The summed E-state index contributed by atoms with van der Waals surface area (Å²) in [6, 6.07) is 16.6. The van der Waals surface area contributed by atoms with Crippen molar-refractivity contribution in [3.05, 3.63) is 65.7 Å². The summed E-state index contributed by atoms with van der Waals surface area (Å²) >= 11 is 0. The van der Waals surface area contributed by atoms with E-state index in [4.69, 9.17) is 11.5 Å². The van der Waals surface area contributed by atoms with E-state index >= 15 is 0 Å². The standard InChI is InChI=1S/C18H22N2O2S/c1-13-7-9-15(10-8-13)23(21,22)17-16(18(17,11-19)12-20)14-5-3-2-4-6-14/h2-10,16-17H,11-12,19-20H2,1H3/t16-,17+/m1/s1. The lowest BCUT2D eigenvalue weighted by molar-refractivity contribution is 0.510. The molecule has 0 radical (unpaired) electrons. The molecule has 0 heterocycles. The van der Waals surface area contributed by atoms with Crippen LogP contribution in [0.25, 0.3) is 0 Å². The van der Waals surface area contributed by atoms with Crippen LogP contribution in [0.5, 0.6) is 0 Å². The van der Waals surface area contributed by atoms with Gasteiger partial charge in [-0.3, -0.25) is 0 Å². The largest absolute Gasteiger partial charge is 0.330 e. The molecule has 0 spiro atoms. The molecule has 2 aromatic carbocycles. The molecule has 0 aliphatic heterocycles. The van der Waals surface area contributed by atoms with Crippen molar-refractivity contribution in [3.8, 4) is 0 Å². The Balaban J connectivity index is 2.05. The fourth-order valence-electron chi connectivity index (χ4n) is 3.55. The quantitative estimate of drug-likeness (QED) is 0.876. The van der Waals surface area contributed by atoms with Crippen molar-refractivity contribution in [1.29, 1.82) is 0 Å². The molecule has 0 amide bonds. The lowest BCUT2D eigenvalue weighted by atomic mass is 9.99. The molecular formula is C18H22N2O2S. The fourth-order valence-corrected chi connectivity index (χ4v) is 6.03. The molecule has 0 aromatic heterocycles. The molecule has 23 heavy (non-hydrogen) atoms. The van der Waals surface area contributed by atoms with Crippen molar-refractivity contribution in [3.63, 3.8) is 0 Å². The monoisotopic (exact) mass is 330 g/mol. The Labute approximate surface area is 137 Å². The van der Waals surface area contributed by atoms with Crippen LogP contribution in [0.3, 0.4) is 0 Å². The lowest BCUT2D eigenvalue weighted by Crippen LogP contribution is -2.31. The minimum Gasteiger partial charge on any atom is -0.330 e. The van der Waals surface area contributed by atoms with Crippen molar-refractivity contribution < 1.29 is 8.42 Å². The van der Waals surface area contributed by atoms with Crippen LogP contribution < -0.4 is 11.5 Å². The third kappa shape index (κ3) is 2.49. The van der Waals surface area contributed by atoms with Crippen molar-refractivity contribution >= 4 is 9.84 Å². The molecule has 4 N–H and O–H groups in total. The van der Waals surface area contributed by atoms with Crippen molar-refractivity contribution in [2.75, 3.05) is 13.1 Å². The highest BCUT2D eigenvalue weighted by atomic mass is 32.2. The number of aryl methyl sites for hydroxylation is 1. The second-order valence-electron chi connectivity index (χ2n) is 6.31. The van der Waals surface area contributed by atoms with E-state index < -0.39 is 20.5 Å². The molecule has 1 saturated carbocycles. The third-order valence-electron chi connectivity index (χ3n) is 4.98. The van der Waals surface area contributed by atoms with Gasteiger partial charge in [0.2, 0.25) is 0 Å². The van der Waals surface area contributed by atoms with Gasteiger partial charge >= 0.3 is 0 Å². The molecule has 1 aliphatic carbocycles. The third-order valence-corrected chi connectivity index (χ3v) is 7.32. The van der Waals surface area contributed by atoms with Crippen molar-refractivity contribution in [2.45, 2.75) is 23.0 Å². The van der Waals surface area contributed by atoms with Crippen LogP contribution >= 0.6 is 0 Å². The Morgan fingerprint density at radius 2 is 1.52 bits per heavy atom. The second-order valence-corrected chi connectivity index (χ2v) is 8.38. The first-order valence-electron chi connectivity index (χ1n) is 7.73. The number of hydrogen-bond acceptors (Lipinski definition) is 4. The highest BCUT2D eigenvalue weighted by Gasteiger charge is 2.69. The van der Waals surface area contributed by atoms with Crippen LogP contribution in [-0.4, -0.2) is 26.8 Å². The molecule has 3 rings (SSSR count). The minimum atomic E-state index is -3.47. The first-order chi connectivity index (χ1) is 11.0. The summed E-state index contributed by atoms with van der Waals surface area (Å²) in [6.07, 6.45) is 0. The van der Waals surface area contributed by atoms with E-state index in [1.165, 1.54) is 0 Å². The Morgan fingerprint density at radius 3 is 2.04 bits per heavy atom. The van der Waals surface area contributed by atoms with Gasteiger partial charge in [-0.2, -0.15) is 0 Å². The Bertz CT molecular complexity index is 782. The van der Waals surface area contributed by atoms with Gasteiger partial charge in [-0.1, -0.05) is 48.0 Å². The van der Waals surface area contributed by atoms with E-state index in [9.17, 15) is 8.42 Å². The van der Waals surface area contributed by atoms with Crippen LogP contribution in [-0.2, 0) is 9.84 Å². The maximum absolute atomic E-state index is 13.1. The van der Waals surface area contributed by atoms with E-state index in [1.807, 2.05) is 49.4 Å². The number of sulfone groups is 1. The Kier molecular flexibility index (Phi) is 4.04. The molecule has 2 atom stereocenters. The topological polar surface area (TPSA) is 86.2 Å². The summed E-state index contributed by atoms with van der Waals surface area (Å²) in [4.78, 5) is 0.345. The van der Waals surface area contributed by atoms with Crippen LogP contribution in [0.2, 0.25) is 0 Å². The molecule has 122 valence electrons. The van der Waals surface area contributed by atoms with Gasteiger partial charge in [-0.15, -0.1) is 0 Å². The SMILES string of the molecule is Cc1ccc(S(=O)(=O)[C@H]2[C@@H](c3ccccc3)C2(CN)CN)cc1. The van der Waals surface area contributed by atoms with Gasteiger partial charge in [-0.25, -0.2) is 8.42 Å². The maximum Gasteiger partial charge on any atom is 0.182 e. The van der Waals surface area contributed by atoms with E-state index in [2.05, 4.69) is 0 Å². The molecular weight excluding hydrogens is 308 g/mol. The summed E-state index contributed by atoms with van der Waals surface area (Å²) in [5.74, 6) is -0.148. The van der Waals surface area contributed by atoms with Gasteiger partial charge in [0.05, 0.1) is 10.1 Å². The van der Waals surface area contributed by atoms with Crippen LogP contribution in [0.4, 0.5) is 0 Å². The van der Waals surface area contributed by atoms with Crippen molar-refractivity contribution in [1.82, 2.24) is 0 Å². The minimum absolute atomic E-state index is 0.148. The highest BCUT2D eigenvalue weighted by Crippen LogP contribution is 2.62. The maximum atomic E-state index is 13.1. The summed E-state index contributed by atoms with van der Waals surface area (Å²) in [5.41, 5.74) is 13.3. The molecule has 0 saturated heterocycles.